The number of hydrogen-bond acceptors (Lipinski definition) is 2. The van der Waals surface area contributed by atoms with Gasteiger partial charge in [0.15, 0.2) is 0 Å². The second-order valence-electron chi connectivity index (χ2n) is 3.32. The van der Waals surface area contributed by atoms with E-state index < -0.39 is 0 Å². The summed E-state index contributed by atoms with van der Waals surface area (Å²) in [6.07, 6.45) is 9.49. The zero-order valence-electron chi connectivity index (χ0n) is 8.52. The van der Waals surface area contributed by atoms with E-state index in [0.29, 0.717) is 0 Å². The molecule has 78 valence electrons. The third-order valence-corrected chi connectivity index (χ3v) is 2.59. The van der Waals surface area contributed by atoms with Gasteiger partial charge in [-0.1, -0.05) is 6.92 Å². The van der Waals surface area contributed by atoms with Crippen LogP contribution in [0.15, 0.2) is 35.3 Å². The Labute approximate surface area is 97.3 Å². The maximum atomic E-state index is 4.33. The van der Waals surface area contributed by atoms with Crippen molar-refractivity contribution in [1.29, 1.82) is 0 Å². The van der Waals surface area contributed by atoms with Gasteiger partial charge in [0.1, 0.15) is 5.82 Å². The number of imidazole rings is 1. The molecule has 0 aliphatic heterocycles. The van der Waals surface area contributed by atoms with Crippen LogP contribution < -0.4 is 0 Å². The molecule has 0 aromatic carbocycles. The molecule has 0 fully saturated rings. The van der Waals surface area contributed by atoms with Gasteiger partial charge < -0.3 is 4.57 Å². The minimum absolute atomic E-state index is 0.983. The van der Waals surface area contributed by atoms with Crippen LogP contribution >= 0.6 is 15.9 Å². The van der Waals surface area contributed by atoms with Crippen LogP contribution in [-0.4, -0.2) is 14.5 Å². The summed E-state index contributed by atoms with van der Waals surface area (Å²) in [7, 11) is 0. The topological polar surface area (TPSA) is 30.7 Å². The summed E-state index contributed by atoms with van der Waals surface area (Å²) < 4.78 is 3.05. The third-order valence-electron chi connectivity index (χ3n) is 2.16. The molecule has 0 unspecified atom stereocenters. The molecular formula is C11H12BrN3. The highest BCUT2D eigenvalue weighted by Crippen LogP contribution is 2.15. The number of nitrogens with zero attached hydrogens (tertiary/aromatic N) is 3. The first-order valence-corrected chi connectivity index (χ1v) is 5.73. The van der Waals surface area contributed by atoms with Gasteiger partial charge in [-0.3, -0.25) is 4.98 Å². The van der Waals surface area contributed by atoms with Crippen molar-refractivity contribution in [3.8, 4) is 5.69 Å². The van der Waals surface area contributed by atoms with E-state index in [1.807, 2.05) is 24.7 Å². The van der Waals surface area contributed by atoms with Crippen LogP contribution in [0.3, 0.4) is 0 Å². The molecular weight excluding hydrogens is 254 g/mol. The van der Waals surface area contributed by atoms with E-state index in [2.05, 4.69) is 37.4 Å². The van der Waals surface area contributed by atoms with Gasteiger partial charge in [0.2, 0.25) is 0 Å². The average Bonchev–Trinajstić information content (AvgIpc) is 2.66. The molecule has 0 aliphatic carbocycles. The molecule has 2 aromatic rings. The second-order valence-corrected chi connectivity index (χ2v) is 4.24. The molecule has 0 saturated heterocycles. The molecule has 0 bridgehead atoms. The van der Waals surface area contributed by atoms with Gasteiger partial charge in [0, 0.05) is 29.5 Å². The van der Waals surface area contributed by atoms with Crippen molar-refractivity contribution in [2.45, 2.75) is 19.8 Å². The molecule has 2 aromatic heterocycles. The monoisotopic (exact) mass is 265 g/mol. The first-order valence-electron chi connectivity index (χ1n) is 4.94. The predicted molar refractivity (Wildman–Crippen MR) is 63.1 cm³/mol. The Morgan fingerprint density at radius 2 is 2.27 bits per heavy atom. The highest BCUT2D eigenvalue weighted by atomic mass is 79.9. The minimum atomic E-state index is 0.983. The van der Waals surface area contributed by atoms with Gasteiger partial charge in [-0.15, -0.1) is 0 Å². The van der Waals surface area contributed by atoms with Gasteiger partial charge >= 0.3 is 0 Å². The lowest BCUT2D eigenvalue weighted by Crippen LogP contribution is -2.00. The lowest BCUT2D eigenvalue weighted by molar-refractivity contribution is 0.807. The van der Waals surface area contributed by atoms with E-state index >= 15 is 0 Å². The Kier molecular flexibility index (Phi) is 3.16. The summed E-state index contributed by atoms with van der Waals surface area (Å²) in [5, 5.41) is 0. The minimum Gasteiger partial charge on any atom is -0.302 e. The third kappa shape index (κ3) is 2.26. The Balaban J connectivity index is 2.40. The van der Waals surface area contributed by atoms with Gasteiger partial charge in [0.05, 0.1) is 11.9 Å². The number of aryl methyl sites for hydroxylation is 1. The zero-order chi connectivity index (χ0) is 10.7. The summed E-state index contributed by atoms with van der Waals surface area (Å²) in [4.78, 5) is 8.48. The quantitative estimate of drug-likeness (QED) is 0.855. The molecule has 15 heavy (non-hydrogen) atoms. The van der Waals surface area contributed by atoms with Gasteiger partial charge in [-0.25, -0.2) is 4.98 Å². The SMILES string of the molecule is CCCc1nccn1-c1cncc(Br)c1. The standard InChI is InChI=1S/C11H12BrN3/c1-2-3-11-14-4-5-15(11)10-6-9(12)7-13-8-10/h4-8H,2-3H2,1H3. The van der Waals surface area contributed by atoms with Gasteiger partial charge in [-0.2, -0.15) is 0 Å². The molecule has 2 heterocycles. The van der Waals surface area contributed by atoms with Crippen molar-refractivity contribution in [3.05, 3.63) is 41.2 Å². The van der Waals surface area contributed by atoms with Crippen LogP contribution in [0.1, 0.15) is 19.2 Å². The zero-order valence-corrected chi connectivity index (χ0v) is 10.1. The Hall–Kier alpha value is -1.16. The molecule has 0 atom stereocenters. The van der Waals surface area contributed by atoms with Crippen molar-refractivity contribution in [2.24, 2.45) is 0 Å². The number of aromatic nitrogens is 3. The smallest absolute Gasteiger partial charge is 0.113 e. The van der Waals surface area contributed by atoms with Crippen LogP contribution in [0.5, 0.6) is 0 Å². The summed E-state index contributed by atoms with van der Waals surface area (Å²) in [6, 6.07) is 2.04. The molecule has 0 saturated carbocycles. The van der Waals surface area contributed by atoms with Crippen molar-refractivity contribution < 1.29 is 0 Å². The van der Waals surface area contributed by atoms with Crippen molar-refractivity contribution in [1.82, 2.24) is 14.5 Å². The molecule has 0 radical (unpaired) electrons. The largest absolute Gasteiger partial charge is 0.302 e. The summed E-state index contributed by atoms with van der Waals surface area (Å²) in [5.41, 5.74) is 1.05. The molecule has 2 rings (SSSR count). The van der Waals surface area contributed by atoms with E-state index in [0.717, 1.165) is 28.8 Å². The first kappa shape index (κ1) is 10.4. The number of hydrogen-bond donors (Lipinski definition) is 0. The maximum absolute atomic E-state index is 4.33. The Bertz CT molecular complexity index is 451. The average molecular weight is 266 g/mol. The maximum Gasteiger partial charge on any atom is 0.113 e. The second kappa shape index (κ2) is 4.57. The number of halogens is 1. The fraction of sp³-hybridized carbons (Fsp3) is 0.273. The fourth-order valence-electron chi connectivity index (χ4n) is 1.51. The highest BCUT2D eigenvalue weighted by Gasteiger charge is 2.04. The van der Waals surface area contributed by atoms with Crippen LogP contribution in [0.25, 0.3) is 5.69 Å². The van der Waals surface area contributed by atoms with Crippen molar-refractivity contribution in [3.63, 3.8) is 0 Å². The summed E-state index contributed by atoms with van der Waals surface area (Å²) >= 11 is 3.42. The molecule has 0 amide bonds. The molecule has 3 nitrogen and oxygen atoms in total. The normalized spacial score (nSPS) is 10.5. The van der Waals surface area contributed by atoms with Gasteiger partial charge in [-0.05, 0) is 28.4 Å². The van der Waals surface area contributed by atoms with Crippen LogP contribution in [-0.2, 0) is 6.42 Å². The van der Waals surface area contributed by atoms with Crippen molar-refractivity contribution in [2.75, 3.05) is 0 Å². The van der Waals surface area contributed by atoms with E-state index in [-0.39, 0.29) is 0 Å². The van der Waals surface area contributed by atoms with Crippen LogP contribution in [0.4, 0.5) is 0 Å². The summed E-state index contributed by atoms with van der Waals surface area (Å²) in [6.45, 7) is 2.15. The first-order chi connectivity index (χ1) is 7.31. The lowest BCUT2D eigenvalue weighted by atomic mass is 10.3. The molecule has 0 spiro atoms. The molecule has 4 heteroatoms. The van der Waals surface area contributed by atoms with Crippen LogP contribution in [0, 0.1) is 0 Å². The van der Waals surface area contributed by atoms with Crippen molar-refractivity contribution >= 4 is 15.9 Å². The van der Waals surface area contributed by atoms with E-state index in [4.69, 9.17) is 0 Å². The fourth-order valence-corrected chi connectivity index (χ4v) is 1.86. The van der Waals surface area contributed by atoms with E-state index in [1.165, 1.54) is 0 Å². The van der Waals surface area contributed by atoms with E-state index in [1.54, 1.807) is 6.20 Å². The Morgan fingerprint density at radius 3 is 3.00 bits per heavy atom. The van der Waals surface area contributed by atoms with Crippen LogP contribution in [0.2, 0.25) is 0 Å². The lowest BCUT2D eigenvalue weighted by Gasteiger charge is -2.06. The highest BCUT2D eigenvalue weighted by molar-refractivity contribution is 9.10. The van der Waals surface area contributed by atoms with E-state index in [9.17, 15) is 0 Å². The summed E-state index contributed by atoms with van der Waals surface area (Å²) in [5.74, 6) is 1.08. The number of rotatable bonds is 3. The molecule has 0 aliphatic rings. The number of pyridine rings is 1. The van der Waals surface area contributed by atoms with Gasteiger partial charge in [0.25, 0.3) is 0 Å². The molecule has 0 N–H and O–H groups in total. The Morgan fingerprint density at radius 1 is 1.40 bits per heavy atom. The predicted octanol–water partition coefficient (Wildman–Crippen LogP) is 2.98.